The number of nitrogens with zero attached hydrogens (tertiary/aromatic N) is 2. The summed E-state index contributed by atoms with van der Waals surface area (Å²) in [6.07, 6.45) is -5.41. The first-order chi connectivity index (χ1) is 14.2. The van der Waals surface area contributed by atoms with Crippen molar-refractivity contribution in [1.29, 1.82) is 0 Å². The van der Waals surface area contributed by atoms with Crippen molar-refractivity contribution in [3.05, 3.63) is 63.9 Å². The molecule has 5 nitrogen and oxygen atoms in total. The molecular formula is C20H14F4N2O3S. The van der Waals surface area contributed by atoms with Crippen molar-refractivity contribution >= 4 is 17.4 Å². The summed E-state index contributed by atoms with van der Waals surface area (Å²) in [5.41, 5.74) is 2.05. The molecule has 10 heteroatoms. The fourth-order valence-electron chi connectivity index (χ4n) is 3.09. The average Bonchev–Trinajstić information content (AvgIpc) is 3.06. The molecule has 2 aromatic carbocycles. The summed E-state index contributed by atoms with van der Waals surface area (Å²) in [4.78, 5) is 18.0. The van der Waals surface area contributed by atoms with Crippen LogP contribution in [0.15, 0.2) is 41.8 Å². The highest BCUT2D eigenvalue weighted by Gasteiger charge is 2.31. The monoisotopic (exact) mass is 438 g/mol. The predicted octanol–water partition coefficient (Wildman–Crippen LogP) is 5.67. The molecule has 1 amide bonds. The number of fused-ring (bicyclic) bond motifs is 1. The van der Waals surface area contributed by atoms with Gasteiger partial charge in [-0.1, -0.05) is 6.07 Å². The van der Waals surface area contributed by atoms with Gasteiger partial charge in [-0.2, -0.15) is 0 Å². The molecule has 0 N–H and O–H groups in total. The zero-order chi connectivity index (χ0) is 21.5. The Morgan fingerprint density at radius 3 is 2.70 bits per heavy atom. The Balaban J connectivity index is 1.58. The summed E-state index contributed by atoms with van der Waals surface area (Å²) < 4.78 is 60.5. The van der Waals surface area contributed by atoms with Crippen LogP contribution in [0.2, 0.25) is 0 Å². The van der Waals surface area contributed by atoms with Gasteiger partial charge in [0.25, 0.3) is 0 Å². The molecule has 156 valence electrons. The molecule has 0 bridgehead atoms. The molecule has 0 unspecified atom stereocenters. The average molecular weight is 438 g/mol. The SMILES string of the molecule is Cc1csc(CN2Cc3cc(-c4ccc(OC(F)(F)F)cc4F)ccc3OC2=O)n1. The number of carbonyl (C=O) groups excluding carboxylic acids is 1. The lowest BCUT2D eigenvalue weighted by molar-refractivity contribution is -0.274. The van der Waals surface area contributed by atoms with Crippen molar-refractivity contribution in [2.45, 2.75) is 26.4 Å². The van der Waals surface area contributed by atoms with Gasteiger partial charge in [-0.25, -0.2) is 14.2 Å². The molecule has 1 aromatic heterocycles. The molecule has 0 aliphatic carbocycles. The first kappa shape index (κ1) is 20.1. The highest BCUT2D eigenvalue weighted by molar-refractivity contribution is 7.09. The van der Waals surface area contributed by atoms with Crippen LogP contribution in [0.3, 0.4) is 0 Å². The molecular weight excluding hydrogens is 424 g/mol. The lowest BCUT2D eigenvalue weighted by atomic mass is 10.0. The van der Waals surface area contributed by atoms with Gasteiger partial charge in [0.15, 0.2) is 0 Å². The second-order valence-electron chi connectivity index (χ2n) is 6.62. The lowest BCUT2D eigenvalue weighted by Crippen LogP contribution is -2.36. The van der Waals surface area contributed by atoms with Crippen molar-refractivity contribution in [3.8, 4) is 22.6 Å². The quantitative estimate of drug-likeness (QED) is 0.493. The minimum absolute atomic E-state index is 0.103. The van der Waals surface area contributed by atoms with E-state index in [0.717, 1.165) is 16.8 Å². The molecule has 1 aliphatic rings. The van der Waals surface area contributed by atoms with E-state index in [0.29, 0.717) is 22.9 Å². The van der Waals surface area contributed by atoms with E-state index in [1.54, 1.807) is 6.07 Å². The van der Waals surface area contributed by atoms with E-state index in [4.69, 9.17) is 4.74 Å². The van der Waals surface area contributed by atoms with E-state index in [1.807, 2.05) is 12.3 Å². The van der Waals surface area contributed by atoms with Gasteiger partial charge in [-0.05, 0) is 36.8 Å². The smallest absolute Gasteiger partial charge is 0.410 e. The van der Waals surface area contributed by atoms with E-state index in [1.165, 1.54) is 34.4 Å². The van der Waals surface area contributed by atoms with Crippen LogP contribution in [0, 0.1) is 12.7 Å². The lowest BCUT2D eigenvalue weighted by Gasteiger charge is -2.27. The minimum Gasteiger partial charge on any atom is -0.410 e. The van der Waals surface area contributed by atoms with Crippen LogP contribution in [0.5, 0.6) is 11.5 Å². The zero-order valence-electron chi connectivity index (χ0n) is 15.5. The second-order valence-corrected chi connectivity index (χ2v) is 7.56. The summed E-state index contributed by atoms with van der Waals surface area (Å²) in [5, 5.41) is 2.64. The van der Waals surface area contributed by atoms with Crippen LogP contribution in [0.4, 0.5) is 22.4 Å². The summed E-state index contributed by atoms with van der Waals surface area (Å²) in [6, 6.07) is 7.65. The molecule has 3 aromatic rings. The van der Waals surface area contributed by atoms with Crippen LogP contribution < -0.4 is 9.47 Å². The molecule has 4 rings (SSSR count). The zero-order valence-corrected chi connectivity index (χ0v) is 16.3. The first-order valence-corrected chi connectivity index (χ1v) is 9.62. The van der Waals surface area contributed by atoms with Gasteiger partial charge in [0, 0.05) is 28.3 Å². The van der Waals surface area contributed by atoms with Gasteiger partial charge >= 0.3 is 12.5 Å². The normalized spacial score (nSPS) is 13.8. The first-order valence-electron chi connectivity index (χ1n) is 8.74. The van der Waals surface area contributed by atoms with Crippen molar-refractivity contribution in [3.63, 3.8) is 0 Å². The third-order valence-electron chi connectivity index (χ3n) is 4.35. The van der Waals surface area contributed by atoms with Gasteiger partial charge < -0.3 is 9.47 Å². The molecule has 1 aliphatic heterocycles. The maximum Gasteiger partial charge on any atom is 0.573 e. The van der Waals surface area contributed by atoms with Crippen molar-refractivity contribution in [1.82, 2.24) is 9.88 Å². The van der Waals surface area contributed by atoms with E-state index in [-0.39, 0.29) is 18.7 Å². The van der Waals surface area contributed by atoms with E-state index in [2.05, 4.69) is 9.72 Å². The number of alkyl halides is 3. The molecule has 0 fully saturated rings. The van der Waals surface area contributed by atoms with E-state index in [9.17, 15) is 22.4 Å². The number of hydrogen-bond acceptors (Lipinski definition) is 5. The summed E-state index contributed by atoms with van der Waals surface area (Å²) in [5.74, 6) is -1.15. The van der Waals surface area contributed by atoms with Crippen molar-refractivity contribution in [2.75, 3.05) is 0 Å². The fraction of sp³-hybridized carbons (Fsp3) is 0.200. The van der Waals surface area contributed by atoms with Gasteiger partial charge in [-0.15, -0.1) is 24.5 Å². The molecule has 0 spiro atoms. The number of hydrogen-bond donors (Lipinski definition) is 0. The Kier molecular flexibility index (Phi) is 5.10. The molecule has 30 heavy (non-hydrogen) atoms. The van der Waals surface area contributed by atoms with Gasteiger partial charge in [0.1, 0.15) is 22.3 Å². The topological polar surface area (TPSA) is 51.7 Å². The number of carbonyl (C=O) groups is 1. The van der Waals surface area contributed by atoms with Crippen molar-refractivity contribution in [2.24, 2.45) is 0 Å². The third-order valence-corrected chi connectivity index (χ3v) is 5.31. The summed E-state index contributed by atoms with van der Waals surface area (Å²) in [6.45, 7) is 2.37. The van der Waals surface area contributed by atoms with E-state index < -0.39 is 24.0 Å². The van der Waals surface area contributed by atoms with Crippen LogP contribution in [-0.4, -0.2) is 22.3 Å². The number of thiazole rings is 1. The fourth-order valence-corrected chi connectivity index (χ4v) is 3.87. The van der Waals surface area contributed by atoms with Gasteiger partial charge in [-0.3, -0.25) is 4.90 Å². The number of aromatic nitrogens is 1. The Bertz CT molecular complexity index is 1110. The Morgan fingerprint density at radius 2 is 2.03 bits per heavy atom. The highest BCUT2D eigenvalue weighted by atomic mass is 32.1. The summed E-state index contributed by atoms with van der Waals surface area (Å²) in [7, 11) is 0. The predicted molar refractivity (Wildman–Crippen MR) is 101 cm³/mol. The third kappa shape index (κ3) is 4.38. The van der Waals surface area contributed by atoms with Crippen LogP contribution in [-0.2, 0) is 13.1 Å². The second kappa shape index (κ2) is 7.60. The number of halogens is 4. The van der Waals surface area contributed by atoms with Crippen LogP contribution >= 0.6 is 11.3 Å². The number of ether oxygens (including phenoxy) is 2. The number of aryl methyl sites for hydroxylation is 1. The minimum atomic E-state index is -4.90. The maximum atomic E-state index is 14.4. The molecule has 0 saturated carbocycles. The molecule has 0 atom stereocenters. The van der Waals surface area contributed by atoms with Gasteiger partial charge in [0.2, 0.25) is 0 Å². The largest absolute Gasteiger partial charge is 0.573 e. The number of benzene rings is 2. The standard InChI is InChI=1S/C20H14F4N2O3S/c1-11-10-30-18(25-11)9-26-8-13-6-12(2-5-17(13)28-19(26)27)15-4-3-14(7-16(15)21)29-20(22,23)24/h2-7,10H,8-9H2,1H3. The van der Waals surface area contributed by atoms with Gasteiger partial charge in [0.05, 0.1) is 13.1 Å². The Morgan fingerprint density at radius 1 is 1.23 bits per heavy atom. The number of amides is 1. The van der Waals surface area contributed by atoms with E-state index >= 15 is 0 Å². The molecule has 0 saturated heterocycles. The highest BCUT2D eigenvalue weighted by Crippen LogP contribution is 2.34. The van der Waals surface area contributed by atoms with Crippen molar-refractivity contribution < 1.29 is 31.8 Å². The van der Waals surface area contributed by atoms with Crippen LogP contribution in [0.25, 0.3) is 11.1 Å². The molecule has 2 heterocycles. The maximum absolute atomic E-state index is 14.4. The summed E-state index contributed by atoms with van der Waals surface area (Å²) >= 11 is 1.43. The Hall–Kier alpha value is -3.14. The Labute approximate surface area is 172 Å². The van der Waals surface area contributed by atoms with Crippen LogP contribution in [0.1, 0.15) is 16.3 Å². The molecule has 0 radical (unpaired) electrons. The number of rotatable bonds is 4.